The lowest BCUT2D eigenvalue weighted by atomic mass is 10.0. The molecule has 0 spiro atoms. The number of nitrogens with two attached hydrogens (primary N) is 1. The Bertz CT molecular complexity index is 353. The molecule has 0 aliphatic heterocycles. The van der Waals surface area contributed by atoms with Crippen LogP contribution in [0.3, 0.4) is 0 Å². The van der Waals surface area contributed by atoms with Gasteiger partial charge >= 0.3 is 6.18 Å². The van der Waals surface area contributed by atoms with Crippen LogP contribution in [0.5, 0.6) is 0 Å². The molecule has 2 unspecified atom stereocenters. The highest BCUT2D eigenvalue weighted by Gasteiger charge is 2.26. The smallest absolute Gasteiger partial charge is 0.376 e. The van der Waals surface area contributed by atoms with E-state index in [1.165, 1.54) is 0 Å². The fraction of sp³-hybridized carbons (Fsp3) is 0.571. The minimum Gasteiger partial charge on any atom is -0.376 e. The molecule has 108 valence electrons. The highest BCUT2D eigenvalue weighted by Crippen LogP contribution is 2.23. The zero-order valence-corrected chi connectivity index (χ0v) is 11.0. The first-order chi connectivity index (χ1) is 8.94. The van der Waals surface area contributed by atoms with E-state index in [9.17, 15) is 13.2 Å². The van der Waals surface area contributed by atoms with E-state index in [1.807, 2.05) is 37.3 Å². The maximum atomic E-state index is 12.0. The standard InChI is InChI=1S/C14H20F3NO/c1-2-12(19-10-6-9-14(15,16)17)13(18)11-7-4-3-5-8-11/h3-5,7-8,12-13H,2,6,9-10,18H2,1H3. The quantitative estimate of drug-likeness (QED) is 0.768. The van der Waals surface area contributed by atoms with Crippen molar-refractivity contribution in [3.63, 3.8) is 0 Å². The molecule has 2 nitrogen and oxygen atoms in total. The normalized spacial score (nSPS) is 15.2. The van der Waals surface area contributed by atoms with E-state index in [4.69, 9.17) is 10.5 Å². The molecule has 0 aliphatic carbocycles. The second-order valence-corrected chi connectivity index (χ2v) is 4.47. The van der Waals surface area contributed by atoms with E-state index >= 15 is 0 Å². The third-order valence-electron chi connectivity index (χ3n) is 2.92. The number of ether oxygens (including phenoxy) is 1. The number of hydrogen-bond acceptors (Lipinski definition) is 2. The predicted molar refractivity (Wildman–Crippen MR) is 68.7 cm³/mol. The molecular formula is C14H20F3NO. The molecule has 2 N–H and O–H groups in total. The average Bonchev–Trinajstić information content (AvgIpc) is 2.38. The lowest BCUT2D eigenvalue weighted by molar-refractivity contribution is -0.139. The Kier molecular flexibility index (Phi) is 6.31. The first-order valence-corrected chi connectivity index (χ1v) is 6.43. The molecule has 0 saturated carbocycles. The molecule has 0 aliphatic rings. The van der Waals surface area contributed by atoms with Crippen LogP contribution in [-0.2, 0) is 4.74 Å². The van der Waals surface area contributed by atoms with Gasteiger partial charge in [0.05, 0.1) is 12.1 Å². The van der Waals surface area contributed by atoms with Crippen molar-refractivity contribution in [1.29, 1.82) is 0 Å². The second kappa shape index (κ2) is 7.50. The molecule has 0 aromatic heterocycles. The number of halogens is 3. The van der Waals surface area contributed by atoms with E-state index in [0.29, 0.717) is 6.42 Å². The summed E-state index contributed by atoms with van der Waals surface area (Å²) >= 11 is 0. The Hall–Kier alpha value is -1.07. The van der Waals surface area contributed by atoms with E-state index in [2.05, 4.69) is 0 Å². The Morgan fingerprint density at radius 3 is 2.37 bits per heavy atom. The van der Waals surface area contributed by atoms with E-state index < -0.39 is 12.6 Å². The van der Waals surface area contributed by atoms with Gasteiger partial charge in [-0.2, -0.15) is 13.2 Å². The summed E-state index contributed by atoms with van der Waals surface area (Å²) < 4.78 is 41.5. The van der Waals surface area contributed by atoms with Gasteiger partial charge in [0.2, 0.25) is 0 Å². The Labute approximate surface area is 111 Å². The molecular weight excluding hydrogens is 255 g/mol. The molecule has 1 aromatic rings. The summed E-state index contributed by atoms with van der Waals surface area (Å²) in [5.74, 6) is 0. The molecule has 1 rings (SSSR count). The molecule has 0 fully saturated rings. The summed E-state index contributed by atoms with van der Waals surface area (Å²) in [6.07, 6.45) is -4.55. The summed E-state index contributed by atoms with van der Waals surface area (Å²) in [7, 11) is 0. The average molecular weight is 275 g/mol. The van der Waals surface area contributed by atoms with Crippen molar-refractivity contribution >= 4 is 0 Å². The summed E-state index contributed by atoms with van der Waals surface area (Å²) in [5.41, 5.74) is 7.01. The van der Waals surface area contributed by atoms with Crippen LogP contribution in [0.4, 0.5) is 13.2 Å². The van der Waals surface area contributed by atoms with Crippen LogP contribution in [-0.4, -0.2) is 18.9 Å². The maximum absolute atomic E-state index is 12.0. The van der Waals surface area contributed by atoms with Gasteiger partial charge in [-0.25, -0.2) is 0 Å². The van der Waals surface area contributed by atoms with Crippen LogP contribution in [0, 0.1) is 0 Å². The molecule has 0 bridgehead atoms. The molecule has 0 heterocycles. The monoisotopic (exact) mass is 275 g/mol. The number of hydrogen-bond donors (Lipinski definition) is 1. The molecule has 19 heavy (non-hydrogen) atoms. The number of rotatable bonds is 7. The molecule has 2 atom stereocenters. The van der Waals surface area contributed by atoms with Gasteiger partial charge in [-0.15, -0.1) is 0 Å². The van der Waals surface area contributed by atoms with Crippen molar-refractivity contribution in [3.05, 3.63) is 35.9 Å². The largest absolute Gasteiger partial charge is 0.389 e. The predicted octanol–water partition coefficient (Wildman–Crippen LogP) is 3.82. The number of alkyl halides is 3. The third-order valence-corrected chi connectivity index (χ3v) is 2.92. The van der Waals surface area contributed by atoms with E-state index in [0.717, 1.165) is 5.56 Å². The lowest BCUT2D eigenvalue weighted by Gasteiger charge is -2.23. The van der Waals surface area contributed by atoms with Gasteiger partial charge in [-0.05, 0) is 18.4 Å². The molecule has 0 radical (unpaired) electrons. The fourth-order valence-corrected chi connectivity index (χ4v) is 1.87. The molecule has 5 heteroatoms. The highest BCUT2D eigenvalue weighted by atomic mass is 19.4. The summed E-state index contributed by atoms with van der Waals surface area (Å²) in [5, 5.41) is 0. The highest BCUT2D eigenvalue weighted by molar-refractivity contribution is 5.19. The van der Waals surface area contributed by atoms with Gasteiger partial charge < -0.3 is 10.5 Å². The minimum atomic E-state index is -4.12. The van der Waals surface area contributed by atoms with Crippen molar-refractivity contribution in [2.24, 2.45) is 5.73 Å². The lowest BCUT2D eigenvalue weighted by Crippen LogP contribution is -2.29. The molecule has 0 amide bonds. The van der Waals surface area contributed by atoms with Crippen LogP contribution in [0.25, 0.3) is 0 Å². The van der Waals surface area contributed by atoms with Crippen molar-refractivity contribution < 1.29 is 17.9 Å². The van der Waals surface area contributed by atoms with Crippen LogP contribution >= 0.6 is 0 Å². The van der Waals surface area contributed by atoms with Gasteiger partial charge in [0, 0.05) is 13.0 Å². The van der Waals surface area contributed by atoms with Crippen LogP contribution in [0.2, 0.25) is 0 Å². The van der Waals surface area contributed by atoms with Crippen molar-refractivity contribution in [2.45, 2.75) is 44.5 Å². The van der Waals surface area contributed by atoms with Gasteiger partial charge in [-0.1, -0.05) is 37.3 Å². The second-order valence-electron chi connectivity index (χ2n) is 4.47. The van der Waals surface area contributed by atoms with Crippen molar-refractivity contribution in [3.8, 4) is 0 Å². The molecule has 0 saturated heterocycles. The first kappa shape index (κ1) is 16.0. The van der Waals surface area contributed by atoms with Gasteiger partial charge in [0.15, 0.2) is 0 Å². The zero-order chi connectivity index (χ0) is 14.3. The summed E-state index contributed by atoms with van der Waals surface area (Å²) in [4.78, 5) is 0. The van der Waals surface area contributed by atoms with E-state index in [-0.39, 0.29) is 25.2 Å². The SMILES string of the molecule is CCC(OCCCC(F)(F)F)C(N)c1ccccc1. The summed E-state index contributed by atoms with van der Waals surface area (Å²) in [6, 6.07) is 9.13. The molecule has 1 aromatic carbocycles. The van der Waals surface area contributed by atoms with Crippen LogP contribution in [0.15, 0.2) is 30.3 Å². The maximum Gasteiger partial charge on any atom is 0.389 e. The van der Waals surface area contributed by atoms with Crippen LogP contribution < -0.4 is 5.73 Å². The van der Waals surface area contributed by atoms with Crippen molar-refractivity contribution in [1.82, 2.24) is 0 Å². The van der Waals surface area contributed by atoms with Gasteiger partial charge in [0.1, 0.15) is 0 Å². The van der Waals surface area contributed by atoms with Gasteiger partial charge in [-0.3, -0.25) is 0 Å². The van der Waals surface area contributed by atoms with Gasteiger partial charge in [0.25, 0.3) is 0 Å². The minimum absolute atomic E-state index is 0.0263. The summed E-state index contributed by atoms with van der Waals surface area (Å²) in [6.45, 7) is 2.00. The fourth-order valence-electron chi connectivity index (χ4n) is 1.87. The third kappa shape index (κ3) is 6.07. The first-order valence-electron chi connectivity index (χ1n) is 6.43. The van der Waals surface area contributed by atoms with Crippen molar-refractivity contribution in [2.75, 3.05) is 6.61 Å². The topological polar surface area (TPSA) is 35.2 Å². The van der Waals surface area contributed by atoms with E-state index in [1.54, 1.807) is 0 Å². The van der Waals surface area contributed by atoms with Crippen LogP contribution in [0.1, 0.15) is 37.8 Å². The Balaban J connectivity index is 2.41. The Morgan fingerprint density at radius 1 is 1.21 bits per heavy atom. The Morgan fingerprint density at radius 2 is 1.84 bits per heavy atom. The number of benzene rings is 1. The zero-order valence-electron chi connectivity index (χ0n) is 11.0.